The van der Waals surface area contributed by atoms with Crippen LogP contribution in [-0.4, -0.2) is 51.0 Å². The molecule has 5 rings (SSSR count). The molecule has 0 aliphatic rings. The van der Waals surface area contributed by atoms with Crippen LogP contribution in [0.15, 0.2) is 77.7 Å². The third-order valence-electron chi connectivity index (χ3n) is 6.24. The van der Waals surface area contributed by atoms with Gasteiger partial charge in [-0.1, -0.05) is 56.3 Å². The zero-order chi connectivity index (χ0) is 24.2. The molecular formula is C28H28N6O. The average molecular weight is 465 g/mol. The van der Waals surface area contributed by atoms with E-state index in [1.165, 1.54) is 0 Å². The second-order valence-corrected chi connectivity index (χ2v) is 8.40. The SMILES string of the molecule is CCN(CC)CCNc1cc2nc(-c3ccc4ncccc4c3)c(-c3ccccc3)nc2[nH]c1=O. The summed E-state index contributed by atoms with van der Waals surface area (Å²) >= 11 is 0. The maximum atomic E-state index is 12.8. The molecule has 35 heavy (non-hydrogen) atoms. The van der Waals surface area contributed by atoms with E-state index in [0.29, 0.717) is 23.4 Å². The van der Waals surface area contributed by atoms with Crippen LogP contribution in [0.5, 0.6) is 0 Å². The topological polar surface area (TPSA) is 86.8 Å². The first-order chi connectivity index (χ1) is 17.2. The summed E-state index contributed by atoms with van der Waals surface area (Å²) in [5.74, 6) is 0. The van der Waals surface area contributed by atoms with Crippen LogP contribution in [-0.2, 0) is 0 Å². The molecule has 0 aliphatic carbocycles. The Morgan fingerprint density at radius 2 is 1.66 bits per heavy atom. The van der Waals surface area contributed by atoms with Gasteiger partial charge in [0.1, 0.15) is 11.2 Å². The van der Waals surface area contributed by atoms with Gasteiger partial charge < -0.3 is 15.2 Å². The third kappa shape index (κ3) is 4.76. The van der Waals surface area contributed by atoms with Gasteiger partial charge >= 0.3 is 0 Å². The highest BCUT2D eigenvalue weighted by molar-refractivity contribution is 5.90. The highest BCUT2D eigenvalue weighted by Crippen LogP contribution is 2.32. The highest BCUT2D eigenvalue weighted by atomic mass is 16.1. The Labute approximate surface area is 203 Å². The minimum absolute atomic E-state index is 0.199. The molecule has 176 valence electrons. The predicted molar refractivity (Wildman–Crippen MR) is 143 cm³/mol. The Balaban J connectivity index is 1.61. The highest BCUT2D eigenvalue weighted by Gasteiger charge is 2.15. The van der Waals surface area contributed by atoms with Crippen LogP contribution in [0.1, 0.15) is 13.8 Å². The zero-order valence-corrected chi connectivity index (χ0v) is 20.0. The summed E-state index contributed by atoms with van der Waals surface area (Å²) in [6, 6.07) is 21.8. The molecule has 3 aromatic heterocycles. The van der Waals surface area contributed by atoms with Crippen LogP contribution in [0.4, 0.5) is 5.69 Å². The van der Waals surface area contributed by atoms with Gasteiger partial charge in [0, 0.05) is 35.8 Å². The second-order valence-electron chi connectivity index (χ2n) is 8.40. The van der Waals surface area contributed by atoms with E-state index in [9.17, 15) is 4.79 Å². The summed E-state index contributed by atoms with van der Waals surface area (Å²) < 4.78 is 0. The van der Waals surface area contributed by atoms with E-state index in [4.69, 9.17) is 9.97 Å². The number of nitrogens with one attached hydrogen (secondary N) is 2. The number of anilines is 1. The fourth-order valence-corrected chi connectivity index (χ4v) is 4.26. The quantitative estimate of drug-likeness (QED) is 0.338. The van der Waals surface area contributed by atoms with E-state index >= 15 is 0 Å². The molecule has 0 saturated heterocycles. The Hall–Kier alpha value is -4.10. The largest absolute Gasteiger partial charge is 0.379 e. The molecule has 0 radical (unpaired) electrons. The summed E-state index contributed by atoms with van der Waals surface area (Å²) in [5, 5.41) is 4.31. The number of H-pyrrole nitrogens is 1. The van der Waals surface area contributed by atoms with E-state index in [1.807, 2.05) is 54.6 Å². The molecule has 0 saturated carbocycles. The molecule has 7 nitrogen and oxygen atoms in total. The van der Waals surface area contributed by atoms with E-state index < -0.39 is 0 Å². The van der Waals surface area contributed by atoms with Gasteiger partial charge in [0.15, 0.2) is 5.65 Å². The first-order valence-electron chi connectivity index (χ1n) is 12.0. The van der Waals surface area contributed by atoms with Crippen LogP contribution in [0.2, 0.25) is 0 Å². The molecule has 5 aromatic rings. The van der Waals surface area contributed by atoms with Gasteiger partial charge in [-0.3, -0.25) is 9.78 Å². The normalized spacial score (nSPS) is 11.4. The molecule has 0 atom stereocenters. The molecule has 0 spiro atoms. The lowest BCUT2D eigenvalue weighted by Crippen LogP contribution is -2.29. The molecule has 7 heteroatoms. The maximum absolute atomic E-state index is 12.8. The molecule has 3 heterocycles. The van der Waals surface area contributed by atoms with E-state index in [2.05, 4.69) is 40.1 Å². The molecule has 0 aliphatic heterocycles. The molecule has 0 bridgehead atoms. The van der Waals surface area contributed by atoms with Crippen molar-refractivity contribution in [3.05, 3.63) is 83.3 Å². The summed E-state index contributed by atoms with van der Waals surface area (Å²) in [4.78, 5) is 32.3. The van der Waals surface area contributed by atoms with Gasteiger partial charge in [-0.15, -0.1) is 0 Å². The van der Waals surface area contributed by atoms with Crippen molar-refractivity contribution in [2.24, 2.45) is 0 Å². The van der Waals surface area contributed by atoms with Crippen LogP contribution in [0.3, 0.4) is 0 Å². The Bertz CT molecular complexity index is 1530. The number of fused-ring (bicyclic) bond motifs is 2. The van der Waals surface area contributed by atoms with Gasteiger partial charge in [0.25, 0.3) is 5.56 Å². The Morgan fingerprint density at radius 3 is 2.46 bits per heavy atom. The van der Waals surface area contributed by atoms with Crippen LogP contribution in [0.25, 0.3) is 44.6 Å². The molecule has 0 amide bonds. The lowest BCUT2D eigenvalue weighted by Gasteiger charge is -2.18. The zero-order valence-electron chi connectivity index (χ0n) is 20.0. The molecule has 0 unspecified atom stereocenters. The summed E-state index contributed by atoms with van der Waals surface area (Å²) in [6.45, 7) is 7.76. The average Bonchev–Trinajstić information content (AvgIpc) is 2.91. The molecular weight excluding hydrogens is 436 g/mol. The van der Waals surface area contributed by atoms with Crippen molar-refractivity contribution in [1.29, 1.82) is 0 Å². The summed E-state index contributed by atoms with van der Waals surface area (Å²) in [5.41, 5.74) is 5.69. The maximum Gasteiger partial charge on any atom is 0.273 e. The van der Waals surface area contributed by atoms with Crippen molar-refractivity contribution >= 4 is 27.8 Å². The lowest BCUT2D eigenvalue weighted by atomic mass is 10.0. The van der Waals surface area contributed by atoms with Crippen molar-refractivity contribution in [3.8, 4) is 22.5 Å². The molecule has 2 N–H and O–H groups in total. The van der Waals surface area contributed by atoms with Crippen LogP contribution >= 0.6 is 0 Å². The smallest absolute Gasteiger partial charge is 0.273 e. The minimum atomic E-state index is -0.199. The van der Waals surface area contributed by atoms with Gasteiger partial charge in [0.05, 0.1) is 16.9 Å². The van der Waals surface area contributed by atoms with Crippen molar-refractivity contribution in [3.63, 3.8) is 0 Å². The van der Waals surface area contributed by atoms with Gasteiger partial charge in [-0.05, 0) is 37.4 Å². The number of rotatable bonds is 8. The minimum Gasteiger partial charge on any atom is -0.379 e. The lowest BCUT2D eigenvalue weighted by molar-refractivity contribution is 0.316. The number of aromatic nitrogens is 4. The second kappa shape index (κ2) is 10.0. The van der Waals surface area contributed by atoms with Gasteiger partial charge in [-0.25, -0.2) is 9.97 Å². The van der Waals surface area contributed by atoms with E-state index in [-0.39, 0.29) is 5.56 Å². The number of likely N-dealkylation sites (N-methyl/N-ethyl adjacent to an activating group) is 1. The number of hydrogen-bond acceptors (Lipinski definition) is 6. The predicted octanol–water partition coefficient (Wildman–Crippen LogP) is 4.95. The standard InChI is InChI=1S/C28H28N6O/c1-3-34(4-2)16-15-30-24-18-23-27(33-28(24)35)32-25(19-9-6-5-7-10-19)26(31-23)21-12-13-22-20(17-21)11-8-14-29-22/h5-14,17-18,30H,3-4,15-16H2,1-2H3,(H,32,33,35). The first kappa shape index (κ1) is 22.7. The van der Waals surface area contributed by atoms with Crippen LogP contribution in [0, 0.1) is 0 Å². The van der Waals surface area contributed by atoms with Crippen molar-refractivity contribution < 1.29 is 0 Å². The van der Waals surface area contributed by atoms with Crippen molar-refractivity contribution in [1.82, 2.24) is 24.8 Å². The van der Waals surface area contributed by atoms with E-state index in [1.54, 1.807) is 12.3 Å². The number of aromatic amines is 1. The fourth-order valence-electron chi connectivity index (χ4n) is 4.26. The van der Waals surface area contributed by atoms with E-state index in [0.717, 1.165) is 53.1 Å². The molecule has 0 fully saturated rings. The van der Waals surface area contributed by atoms with Gasteiger partial charge in [0.2, 0.25) is 0 Å². The number of pyridine rings is 2. The summed E-state index contributed by atoms with van der Waals surface area (Å²) in [6.07, 6.45) is 1.79. The fraction of sp³-hybridized carbons (Fsp3) is 0.214. The van der Waals surface area contributed by atoms with Gasteiger partial charge in [-0.2, -0.15) is 0 Å². The third-order valence-corrected chi connectivity index (χ3v) is 6.24. The monoisotopic (exact) mass is 464 g/mol. The molecule has 2 aromatic carbocycles. The summed E-state index contributed by atoms with van der Waals surface area (Å²) in [7, 11) is 0. The van der Waals surface area contributed by atoms with Crippen molar-refractivity contribution in [2.75, 3.05) is 31.5 Å². The van der Waals surface area contributed by atoms with Crippen LogP contribution < -0.4 is 10.9 Å². The number of hydrogen-bond donors (Lipinski definition) is 2. The first-order valence-corrected chi connectivity index (χ1v) is 12.0. The Kier molecular flexibility index (Phi) is 6.50. The van der Waals surface area contributed by atoms with Crippen molar-refractivity contribution in [2.45, 2.75) is 13.8 Å². The Morgan fingerprint density at radius 1 is 0.857 bits per heavy atom. The number of nitrogens with zero attached hydrogens (tertiary/aromatic N) is 4. The number of benzene rings is 2.